The van der Waals surface area contributed by atoms with E-state index in [9.17, 15) is 0 Å². The van der Waals surface area contributed by atoms with E-state index in [0.717, 1.165) is 12.1 Å². The minimum atomic E-state index is 0.919. The van der Waals surface area contributed by atoms with Crippen molar-refractivity contribution in [2.75, 3.05) is 0 Å². The Bertz CT molecular complexity index is 94.7. The van der Waals surface area contributed by atoms with E-state index in [2.05, 4.69) is 11.9 Å². The SMILES string of the molecule is C=CN/C(=C/N)CC. The first-order chi connectivity index (χ1) is 3.85. The average Bonchev–Trinajstić information content (AvgIpc) is 1.83. The van der Waals surface area contributed by atoms with Gasteiger partial charge in [0.25, 0.3) is 0 Å². The predicted octanol–water partition coefficient (Wildman–Crippen LogP) is 0.930. The van der Waals surface area contributed by atoms with Crippen LogP contribution in [0.2, 0.25) is 0 Å². The third-order valence-corrected chi connectivity index (χ3v) is 0.870. The lowest BCUT2D eigenvalue weighted by Crippen LogP contribution is -2.04. The largest absolute Gasteiger partial charge is 0.403 e. The summed E-state index contributed by atoms with van der Waals surface area (Å²) < 4.78 is 0. The average molecular weight is 112 g/mol. The Hall–Kier alpha value is -0.920. The molecule has 0 saturated carbocycles. The van der Waals surface area contributed by atoms with Crippen molar-refractivity contribution in [1.82, 2.24) is 5.32 Å². The van der Waals surface area contributed by atoms with Crippen LogP contribution < -0.4 is 11.1 Å². The van der Waals surface area contributed by atoms with Crippen molar-refractivity contribution in [3.63, 3.8) is 0 Å². The molecule has 0 spiro atoms. The van der Waals surface area contributed by atoms with Crippen LogP contribution in [0.5, 0.6) is 0 Å². The molecular formula is C6H12N2. The minimum Gasteiger partial charge on any atom is -0.403 e. The maximum Gasteiger partial charge on any atom is 0.0300 e. The molecule has 0 radical (unpaired) electrons. The molecule has 2 heteroatoms. The van der Waals surface area contributed by atoms with Gasteiger partial charge in [-0.2, -0.15) is 0 Å². The van der Waals surface area contributed by atoms with Crippen molar-refractivity contribution < 1.29 is 0 Å². The van der Waals surface area contributed by atoms with E-state index in [0.29, 0.717) is 0 Å². The van der Waals surface area contributed by atoms with E-state index in [1.165, 1.54) is 0 Å². The lowest BCUT2D eigenvalue weighted by Gasteiger charge is -1.99. The van der Waals surface area contributed by atoms with E-state index >= 15 is 0 Å². The predicted molar refractivity (Wildman–Crippen MR) is 35.9 cm³/mol. The van der Waals surface area contributed by atoms with Gasteiger partial charge in [-0.3, -0.25) is 0 Å². The second kappa shape index (κ2) is 4.24. The van der Waals surface area contributed by atoms with Crippen LogP contribution in [0.3, 0.4) is 0 Å². The number of rotatable bonds is 3. The first-order valence-electron chi connectivity index (χ1n) is 2.63. The molecule has 8 heavy (non-hydrogen) atoms. The molecule has 0 amide bonds. The Morgan fingerprint density at radius 2 is 2.50 bits per heavy atom. The second-order valence-electron chi connectivity index (χ2n) is 1.39. The Kier molecular flexibility index (Phi) is 3.76. The zero-order valence-corrected chi connectivity index (χ0v) is 5.15. The van der Waals surface area contributed by atoms with Gasteiger partial charge in [-0.15, -0.1) is 0 Å². The van der Waals surface area contributed by atoms with Crippen LogP contribution in [0.25, 0.3) is 0 Å². The molecular weight excluding hydrogens is 100 g/mol. The van der Waals surface area contributed by atoms with E-state index in [1.54, 1.807) is 12.4 Å². The van der Waals surface area contributed by atoms with Gasteiger partial charge in [0, 0.05) is 11.9 Å². The highest BCUT2D eigenvalue weighted by Crippen LogP contribution is 1.89. The fraction of sp³-hybridized carbons (Fsp3) is 0.333. The zero-order chi connectivity index (χ0) is 6.41. The summed E-state index contributed by atoms with van der Waals surface area (Å²) in [5.41, 5.74) is 6.20. The molecule has 0 heterocycles. The van der Waals surface area contributed by atoms with E-state index in [-0.39, 0.29) is 0 Å². The smallest absolute Gasteiger partial charge is 0.0300 e. The summed E-state index contributed by atoms with van der Waals surface area (Å²) in [6.07, 6.45) is 4.08. The van der Waals surface area contributed by atoms with Crippen molar-refractivity contribution in [3.8, 4) is 0 Å². The molecule has 0 aromatic carbocycles. The van der Waals surface area contributed by atoms with Crippen molar-refractivity contribution >= 4 is 0 Å². The number of hydrogen-bond acceptors (Lipinski definition) is 2. The first-order valence-corrected chi connectivity index (χ1v) is 2.63. The molecule has 0 unspecified atom stereocenters. The van der Waals surface area contributed by atoms with Crippen LogP contribution in [0.1, 0.15) is 13.3 Å². The molecule has 2 nitrogen and oxygen atoms in total. The molecule has 0 bridgehead atoms. The normalized spacial score (nSPS) is 10.9. The summed E-state index contributed by atoms with van der Waals surface area (Å²) in [5.74, 6) is 0. The van der Waals surface area contributed by atoms with Crippen molar-refractivity contribution in [2.24, 2.45) is 5.73 Å². The molecule has 0 aromatic rings. The monoisotopic (exact) mass is 112 g/mol. The van der Waals surface area contributed by atoms with Gasteiger partial charge >= 0.3 is 0 Å². The number of allylic oxidation sites excluding steroid dienone is 1. The van der Waals surface area contributed by atoms with Crippen molar-refractivity contribution in [3.05, 3.63) is 24.7 Å². The molecule has 46 valence electrons. The molecule has 3 N–H and O–H groups in total. The second-order valence-corrected chi connectivity index (χ2v) is 1.39. The van der Waals surface area contributed by atoms with Gasteiger partial charge in [-0.25, -0.2) is 0 Å². The van der Waals surface area contributed by atoms with Gasteiger partial charge in [0.15, 0.2) is 0 Å². The molecule has 0 aromatic heterocycles. The summed E-state index contributed by atoms with van der Waals surface area (Å²) in [4.78, 5) is 0. The van der Waals surface area contributed by atoms with Crippen LogP contribution in [-0.2, 0) is 0 Å². The molecule has 0 atom stereocenters. The van der Waals surface area contributed by atoms with Crippen LogP contribution in [-0.4, -0.2) is 0 Å². The summed E-state index contributed by atoms with van der Waals surface area (Å²) in [6, 6.07) is 0. The van der Waals surface area contributed by atoms with Crippen molar-refractivity contribution in [1.29, 1.82) is 0 Å². The standard InChI is InChI=1S/C6H12N2/c1-3-6(5-7)8-4-2/h4-5,8H,2-3,7H2,1H3/b6-5+. The Balaban J connectivity index is 3.53. The van der Waals surface area contributed by atoms with Gasteiger partial charge in [0.05, 0.1) is 0 Å². The van der Waals surface area contributed by atoms with Crippen molar-refractivity contribution in [2.45, 2.75) is 13.3 Å². The lowest BCUT2D eigenvalue weighted by molar-refractivity contribution is 0.937. The number of nitrogens with two attached hydrogens (primary N) is 1. The minimum absolute atomic E-state index is 0.919. The summed E-state index contributed by atoms with van der Waals surface area (Å²) >= 11 is 0. The Labute approximate surface area is 50.1 Å². The van der Waals surface area contributed by atoms with Gasteiger partial charge in [-0.05, 0) is 12.6 Å². The van der Waals surface area contributed by atoms with Crippen LogP contribution in [0.15, 0.2) is 24.7 Å². The Morgan fingerprint density at radius 1 is 1.88 bits per heavy atom. The van der Waals surface area contributed by atoms with Gasteiger partial charge < -0.3 is 11.1 Å². The lowest BCUT2D eigenvalue weighted by atomic mass is 10.4. The summed E-state index contributed by atoms with van der Waals surface area (Å²) in [5, 5.41) is 2.88. The highest BCUT2D eigenvalue weighted by molar-refractivity contribution is 4.98. The maximum atomic E-state index is 5.20. The third-order valence-electron chi connectivity index (χ3n) is 0.870. The summed E-state index contributed by atoms with van der Waals surface area (Å²) in [7, 11) is 0. The quantitative estimate of drug-likeness (QED) is 0.570. The Morgan fingerprint density at radius 3 is 2.62 bits per heavy atom. The highest BCUT2D eigenvalue weighted by atomic mass is 14.9. The molecule has 0 aliphatic heterocycles. The number of hydrogen-bond donors (Lipinski definition) is 2. The fourth-order valence-corrected chi connectivity index (χ4v) is 0.399. The summed E-state index contributed by atoms with van der Waals surface area (Å²) in [6.45, 7) is 5.51. The van der Waals surface area contributed by atoms with E-state index in [4.69, 9.17) is 5.73 Å². The van der Waals surface area contributed by atoms with E-state index in [1.807, 2.05) is 6.92 Å². The van der Waals surface area contributed by atoms with Gasteiger partial charge in [0.1, 0.15) is 0 Å². The third kappa shape index (κ3) is 2.29. The number of nitrogens with one attached hydrogen (secondary N) is 1. The maximum absolute atomic E-state index is 5.20. The molecule has 0 aliphatic carbocycles. The van der Waals surface area contributed by atoms with E-state index < -0.39 is 0 Å². The molecule has 0 aliphatic rings. The van der Waals surface area contributed by atoms with Crippen LogP contribution in [0.4, 0.5) is 0 Å². The van der Waals surface area contributed by atoms with Crippen LogP contribution in [0, 0.1) is 0 Å². The molecule has 0 rings (SSSR count). The fourth-order valence-electron chi connectivity index (χ4n) is 0.399. The topological polar surface area (TPSA) is 38.0 Å². The van der Waals surface area contributed by atoms with Gasteiger partial charge in [0.2, 0.25) is 0 Å². The first kappa shape index (κ1) is 7.08. The van der Waals surface area contributed by atoms with Gasteiger partial charge in [-0.1, -0.05) is 13.5 Å². The van der Waals surface area contributed by atoms with Crippen LogP contribution >= 0.6 is 0 Å². The molecule has 0 saturated heterocycles. The zero-order valence-electron chi connectivity index (χ0n) is 5.15. The highest BCUT2D eigenvalue weighted by Gasteiger charge is 1.82. The molecule has 0 fully saturated rings.